The first-order valence-corrected chi connectivity index (χ1v) is 8.82. The topological polar surface area (TPSA) is 40.5 Å². The second-order valence-electron chi connectivity index (χ2n) is 7.09. The third-order valence-electron chi connectivity index (χ3n) is 5.37. The third-order valence-corrected chi connectivity index (χ3v) is 5.37. The molecule has 3 nitrogen and oxygen atoms in total. The van der Waals surface area contributed by atoms with Gasteiger partial charge in [-0.1, -0.05) is 54.6 Å². The molecule has 0 aromatic heterocycles. The van der Waals surface area contributed by atoms with Crippen molar-refractivity contribution in [2.45, 2.75) is 43.7 Å². The van der Waals surface area contributed by atoms with Crippen LogP contribution in [0.15, 0.2) is 54.6 Å². The molecule has 2 fully saturated rings. The molecular weight excluding hydrogens is 298 g/mol. The number of carbonyl (C=O) groups excluding carboxylic acids is 1. The van der Waals surface area contributed by atoms with Crippen LogP contribution in [0.25, 0.3) is 11.1 Å². The lowest BCUT2D eigenvalue weighted by molar-refractivity contribution is -0.134. The molecule has 1 saturated carbocycles. The Kier molecular flexibility index (Phi) is 3.89. The van der Waals surface area contributed by atoms with Crippen LogP contribution >= 0.6 is 0 Å². The molecule has 1 atom stereocenters. The Morgan fingerprint density at radius 2 is 1.71 bits per heavy atom. The molecule has 1 heterocycles. The van der Waals surface area contributed by atoms with Crippen molar-refractivity contribution in [3.63, 3.8) is 0 Å². The van der Waals surface area contributed by atoms with Gasteiger partial charge in [0.1, 0.15) is 0 Å². The molecule has 2 aliphatic rings. The Balaban J connectivity index is 1.44. The van der Waals surface area contributed by atoms with E-state index in [1.807, 2.05) is 35.2 Å². The SMILES string of the molecule is O=C(Cc1ccc(-c2ccccc2)cc1)N1CCCC1C1(O)CC1. The average molecular weight is 321 g/mol. The average Bonchev–Trinajstić information content (AvgIpc) is 3.16. The summed E-state index contributed by atoms with van der Waals surface area (Å²) in [5.74, 6) is 0.144. The van der Waals surface area contributed by atoms with Gasteiger partial charge in [0.2, 0.25) is 5.91 Å². The van der Waals surface area contributed by atoms with Crippen molar-refractivity contribution in [2.24, 2.45) is 0 Å². The fourth-order valence-electron chi connectivity index (χ4n) is 3.81. The van der Waals surface area contributed by atoms with Crippen molar-refractivity contribution < 1.29 is 9.90 Å². The maximum absolute atomic E-state index is 12.7. The van der Waals surface area contributed by atoms with Crippen LogP contribution in [0.1, 0.15) is 31.2 Å². The third kappa shape index (κ3) is 2.96. The first kappa shape index (κ1) is 15.4. The molecule has 24 heavy (non-hydrogen) atoms. The van der Waals surface area contributed by atoms with Crippen molar-refractivity contribution in [3.05, 3.63) is 60.2 Å². The van der Waals surface area contributed by atoms with E-state index in [0.29, 0.717) is 6.42 Å². The lowest BCUT2D eigenvalue weighted by atomic mass is 10.0. The van der Waals surface area contributed by atoms with E-state index >= 15 is 0 Å². The van der Waals surface area contributed by atoms with E-state index in [4.69, 9.17) is 0 Å². The van der Waals surface area contributed by atoms with E-state index in [0.717, 1.165) is 43.4 Å². The van der Waals surface area contributed by atoms with Crippen LogP contribution in [0.4, 0.5) is 0 Å². The van der Waals surface area contributed by atoms with Crippen LogP contribution in [0.3, 0.4) is 0 Å². The molecule has 2 aromatic rings. The van der Waals surface area contributed by atoms with Crippen molar-refractivity contribution in [3.8, 4) is 11.1 Å². The predicted octanol–water partition coefficient (Wildman–Crippen LogP) is 3.41. The highest BCUT2D eigenvalue weighted by Gasteiger charge is 2.52. The van der Waals surface area contributed by atoms with Gasteiger partial charge in [-0.15, -0.1) is 0 Å². The molecule has 124 valence electrons. The molecule has 2 aromatic carbocycles. The van der Waals surface area contributed by atoms with E-state index in [1.54, 1.807) is 0 Å². The van der Waals surface area contributed by atoms with Crippen LogP contribution in [0, 0.1) is 0 Å². The van der Waals surface area contributed by atoms with E-state index < -0.39 is 5.60 Å². The molecule has 3 heteroatoms. The Morgan fingerprint density at radius 3 is 2.38 bits per heavy atom. The number of nitrogens with zero attached hydrogens (tertiary/aromatic N) is 1. The summed E-state index contributed by atoms with van der Waals surface area (Å²) in [6.45, 7) is 0.786. The number of amides is 1. The standard InChI is InChI=1S/C21H23NO2/c23-20(22-14-4-7-19(22)21(24)12-13-21)15-16-8-10-18(11-9-16)17-5-2-1-3-6-17/h1-3,5-6,8-11,19,24H,4,7,12-15H2. The number of aliphatic hydroxyl groups is 1. The van der Waals surface area contributed by atoms with Gasteiger partial charge in [-0.2, -0.15) is 0 Å². The predicted molar refractivity (Wildman–Crippen MR) is 94.5 cm³/mol. The lowest BCUT2D eigenvalue weighted by Gasteiger charge is -2.29. The quantitative estimate of drug-likeness (QED) is 0.937. The summed E-state index contributed by atoms with van der Waals surface area (Å²) in [5.41, 5.74) is 2.79. The summed E-state index contributed by atoms with van der Waals surface area (Å²) in [6.07, 6.45) is 4.04. The number of rotatable bonds is 4. The van der Waals surface area contributed by atoms with Crippen LogP contribution in [0.2, 0.25) is 0 Å². The smallest absolute Gasteiger partial charge is 0.227 e. The molecule has 0 spiro atoms. The molecular formula is C21H23NO2. The summed E-state index contributed by atoms with van der Waals surface area (Å²) < 4.78 is 0. The Labute approximate surface area is 142 Å². The van der Waals surface area contributed by atoms with Gasteiger partial charge in [-0.05, 0) is 42.4 Å². The van der Waals surface area contributed by atoms with Gasteiger partial charge in [-0.25, -0.2) is 0 Å². The van der Waals surface area contributed by atoms with E-state index in [-0.39, 0.29) is 11.9 Å². The molecule has 1 aliphatic heterocycles. The number of carbonyl (C=O) groups is 1. The molecule has 0 bridgehead atoms. The largest absolute Gasteiger partial charge is 0.388 e. The van der Waals surface area contributed by atoms with E-state index in [1.165, 1.54) is 5.56 Å². The summed E-state index contributed by atoms with van der Waals surface area (Å²) in [7, 11) is 0. The molecule has 1 N–H and O–H groups in total. The van der Waals surface area contributed by atoms with Crippen LogP contribution in [-0.4, -0.2) is 34.1 Å². The second-order valence-corrected chi connectivity index (χ2v) is 7.09. The molecule has 1 unspecified atom stereocenters. The van der Waals surface area contributed by atoms with Crippen molar-refractivity contribution in [1.29, 1.82) is 0 Å². The Bertz CT molecular complexity index is 719. The van der Waals surface area contributed by atoms with E-state index in [9.17, 15) is 9.90 Å². The molecule has 1 amide bonds. The molecule has 1 aliphatic carbocycles. The normalized spacial score (nSPS) is 21.7. The maximum atomic E-state index is 12.7. The Morgan fingerprint density at radius 1 is 1.04 bits per heavy atom. The number of benzene rings is 2. The monoisotopic (exact) mass is 321 g/mol. The zero-order valence-electron chi connectivity index (χ0n) is 13.8. The lowest BCUT2D eigenvalue weighted by Crippen LogP contribution is -2.44. The fourth-order valence-corrected chi connectivity index (χ4v) is 3.81. The van der Waals surface area contributed by atoms with Gasteiger partial charge in [0.05, 0.1) is 18.1 Å². The molecule has 4 rings (SSSR count). The summed E-state index contributed by atoms with van der Waals surface area (Å²) in [4.78, 5) is 14.6. The second kappa shape index (κ2) is 6.06. The molecule has 1 saturated heterocycles. The zero-order chi connectivity index (χ0) is 16.6. The van der Waals surface area contributed by atoms with Crippen molar-refractivity contribution in [2.75, 3.05) is 6.54 Å². The van der Waals surface area contributed by atoms with Gasteiger partial charge in [0.15, 0.2) is 0 Å². The highest BCUT2D eigenvalue weighted by Crippen LogP contribution is 2.44. The summed E-state index contributed by atoms with van der Waals surface area (Å²) in [5, 5.41) is 10.4. The number of hydrogen-bond donors (Lipinski definition) is 1. The van der Waals surface area contributed by atoms with Gasteiger partial charge < -0.3 is 10.0 Å². The summed E-state index contributed by atoms with van der Waals surface area (Å²) >= 11 is 0. The van der Waals surface area contributed by atoms with Crippen LogP contribution < -0.4 is 0 Å². The fraction of sp³-hybridized carbons (Fsp3) is 0.381. The minimum atomic E-state index is -0.594. The first-order chi connectivity index (χ1) is 11.7. The highest BCUT2D eigenvalue weighted by atomic mass is 16.3. The summed E-state index contributed by atoms with van der Waals surface area (Å²) in [6, 6.07) is 18.5. The van der Waals surface area contributed by atoms with Crippen LogP contribution in [0.5, 0.6) is 0 Å². The zero-order valence-corrected chi connectivity index (χ0v) is 13.8. The maximum Gasteiger partial charge on any atom is 0.227 e. The molecule has 0 radical (unpaired) electrons. The van der Waals surface area contributed by atoms with Gasteiger partial charge in [0, 0.05) is 6.54 Å². The minimum absolute atomic E-state index is 0.0357. The van der Waals surface area contributed by atoms with Gasteiger partial charge in [-0.3, -0.25) is 4.79 Å². The van der Waals surface area contributed by atoms with Crippen molar-refractivity contribution in [1.82, 2.24) is 4.90 Å². The number of hydrogen-bond acceptors (Lipinski definition) is 2. The van der Waals surface area contributed by atoms with E-state index in [2.05, 4.69) is 24.3 Å². The van der Waals surface area contributed by atoms with Gasteiger partial charge >= 0.3 is 0 Å². The van der Waals surface area contributed by atoms with Gasteiger partial charge in [0.25, 0.3) is 0 Å². The van der Waals surface area contributed by atoms with Crippen molar-refractivity contribution >= 4 is 5.91 Å². The Hall–Kier alpha value is -2.13. The van der Waals surface area contributed by atoms with Crippen LogP contribution in [-0.2, 0) is 11.2 Å². The number of likely N-dealkylation sites (tertiary alicyclic amines) is 1. The highest BCUT2D eigenvalue weighted by molar-refractivity contribution is 5.80. The minimum Gasteiger partial charge on any atom is -0.388 e. The first-order valence-electron chi connectivity index (χ1n) is 8.82.